The minimum atomic E-state index is -1.10. The van der Waals surface area contributed by atoms with Crippen LogP contribution in [-0.4, -0.2) is 6.54 Å². The molecule has 0 fully saturated rings. The smallest absolute Gasteiger partial charge is 0.129 e. The van der Waals surface area contributed by atoms with Gasteiger partial charge in [-0.2, -0.15) is 0 Å². The first kappa shape index (κ1) is 13.8. The lowest BCUT2D eigenvalue weighted by Crippen LogP contribution is -2.24. The molecule has 90 valence electrons. The van der Waals surface area contributed by atoms with E-state index >= 15 is 0 Å². The standard InChI is InChI=1S/C12H16Cl2FN/c1-7(2)9(6-16)12(15)8-3-4-10(13)11(14)5-8/h3-5,7,9,12H,6,16H2,1-2H3. The van der Waals surface area contributed by atoms with Crippen LogP contribution in [0, 0.1) is 11.8 Å². The summed E-state index contributed by atoms with van der Waals surface area (Å²) in [5.41, 5.74) is 6.12. The Labute approximate surface area is 106 Å². The number of nitrogens with two attached hydrogens (primary N) is 1. The lowest BCUT2D eigenvalue weighted by atomic mass is 9.87. The first-order valence-electron chi connectivity index (χ1n) is 5.26. The van der Waals surface area contributed by atoms with Gasteiger partial charge in [0, 0.05) is 5.92 Å². The van der Waals surface area contributed by atoms with Gasteiger partial charge in [-0.15, -0.1) is 0 Å². The van der Waals surface area contributed by atoms with Crippen LogP contribution in [0.15, 0.2) is 18.2 Å². The van der Waals surface area contributed by atoms with E-state index in [4.69, 9.17) is 28.9 Å². The highest BCUT2D eigenvalue weighted by molar-refractivity contribution is 6.42. The summed E-state index contributed by atoms with van der Waals surface area (Å²) in [6, 6.07) is 4.84. The Bertz CT molecular complexity index is 355. The number of hydrogen-bond acceptors (Lipinski definition) is 1. The highest BCUT2D eigenvalue weighted by atomic mass is 35.5. The van der Waals surface area contributed by atoms with Crippen LogP contribution in [0.1, 0.15) is 25.6 Å². The predicted octanol–water partition coefficient (Wildman–Crippen LogP) is 4.23. The van der Waals surface area contributed by atoms with Crippen LogP contribution in [0.2, 0.25) is 10.0 Å². The normalized spacial score (nSPS) is 15.2. The fourth-order valence-corrected chi connectivity index (χ4v) is 1.97. The molecule has 0 aliphatic heterocycles. The Hall–Kier alpha value is -0.310. The predicted molar refractivity (Wildman–Crippen MR) is 67.7 cm³/mol. The molecule has 0 aliphatic rings. The maximum atomic E-state index is 14.2. The maximum absolute atomic E-state index is 14.2. The van der Waals surface area contributed by atoms with Gasteiger partial charge in [-0.25, -0.2) is 4.39 Å². The van der Waals surface area contributed by atoms with Crippen molar-refractivity contribution in [1.29, 1.82) is 0 Å². The van der Waals surface area contributed by atoms with Crippen LogP contribution < -0.4 is 5.73 Å². The molecule has 0 aromatic heterocycles. The van der Waals surface area contributed by atoms with Gasteiger partial charge >= 0.3 is 0 Å². The quantitative estimate of drug-likeness (QED) is 0.865. The molecule has 0 radical (unpaired) electrons. The summed E-state index contributed by atoms with van der Waals surface area (Å²) in [5.74, 6) is -0.00769. The average molecular weight is 264 g/mol. The number of rotatable bonds is 4. The molecule has 0 saturated heterocycles. The van der Waals surface area contributed by atoms with Gasteiger partial charge in [-0.3, -0.25) is 0 Å². The topological polar surface area (TPSA) is 26.0 Å². The zero-order valence-electron chi connectivity index (χ0n) is 9.38. The van der Waals surface area contributed by atoms with Crippen LogP contribution in [0.25, 0.3) is 0 Å². The number of alkyl halides is 1. The van der Waals surface area contributed by atoms with Gasteiger partial charge in [-0.05, 0) is 30.2 Å². The monoisotopic (exact) mass is 263 g/mol. The summed E-state index contributed by atoms with van der Waals surface area (Å²) in [5, 5.41) is 0.813. The molecule has 2 atom stereocenters. The summed E-state index contributed by atoms with van der Waals surface area (Å²) in [4.78, 5) is 0. The SMILES string of the molecule is CC(C)C(CN)C(F)c1ccc(Cl)c(Cl)c1. The number of hydrogen-bond donors (Lipinski definition) is 1. The third kappa shape index (κ3) is 3.09. The molecule has 4 heteroatoms. The van der Waals surface area contributed by atoms with Crippen LogP contribution in [-0.2, 0) is 0 Å². The minimum Gasteiger partial charge on any atom is -0.330 e. The van der Waals surface area contributed by atoms with Crippen molar-refractivity contribution in [2.24, 2.45) is 17.6 Å². The highest BCUT2D eigenvalue weighted by Gasteiger charge is 2.24. The van der Waals surface area contributed by atoms with Crippen LogP contribution in [0.4, 0.5) is 4.39 Å². The molecule has 16 heavy (non-hydrogen) atoms. The maximum Gasteiger partial charge on any atom is 0.129 e. The molecule has 1 nitrogen and oxygen atoms in total. The molecule has 0 spiro atoms. The summed E-state index contributed by atoms with van der Waals surface area (Å²) in [6.45, 7) is 4.24. The molecule has 1 rings (SSSR count). The van der Waals surface area contributed by atoms with E-state index in [0.29, 0.717) is 22.2 Å². The van der Waals surface area contributed by atoms with Crippen LogP contribution in [0.5, 0.6) is 0 Å². The fraction of sp³-hybridized carbons (Fsp3) is 0.500. The summed E-state index contributed by atoms with van der Waals surface area (Å²) < 4.78 is 14.2. The molecule has 2 N–H and O–H groups in total. The van der Waals surface area contributed by atoms with Crippen molar-refractivity contribution >= 4 is 23.2 Å². The Kier molecular flexibility index (Phi) is 5.03. The third-order valence-corrected chi connectivity index (χ3v) is 3.51. The van der Waals surface area contributed by atoms with Crippen molar-refractivity contribution in [2.45, 2.75) is 20.0 Å². The van der Waals surface area contributed by atoms with E-state index in [0.717, 1.165) is 0 Å². The van der Waals surface area contributed by atoms with Gasteiger partial charge in [0.15, 0.2) is 0 Å². The largest absolute Gasteiger partial charge is 0.330 e. The van der Waals surface area contributed by atoms with E-state index in [2.05, 4.69) is 0 Å². The summed E-state index contributed by atoms with van der Waals surface area (Å²) in [7, 11) is 0. The van der Waals surface area contributed by atoms with Crippen molar-refractivity contribution in [1.82, 2.24) is 0 Å². The average Bonchev–Trinajstić information content (AvgIpc) is 2.22. The second-order valence-corrected chi connectivity index (χ2v) is 5.03. The summed E-state index contributed by atoms with van der Waals surface area (Å²) >= 11 is 11.6. The van der Waals surface area contributed by atoms with Gasteiger partial charge in [0.05, 0.1) is 10.0 Å². The Morgan fingerprint density at radius 2 is 1.88 bits per heavy atom. The number of benzene rings is 1. The molecule has 0 aliphatic carbocycles. The van der Waals surface area contributed by atoms with Gasteiger partial charge in [0.1, 0.15) is 6.17 Å². The van der Waals surface area contributed by atoms with E-state index in [1.165, 1.54) is 0 Å². The molecule has 0 bridgehead atoms. The minimum absolute atomic E-state index is 0.189. The first-order chi connectivity index (χ1) is 7.47. The van der Waals surface area contributed by atoms with Crippen molar-refractivity contribution in [2.75, 3.05) is 6.54 Å². The molecular formula is C12H16Cl2FN. The summed E-state index contributed by atoms with van der Waals surface area (Å²) in [6.07, 6.45) is -1.10. The van der Waals surface area contributed by atoms with Crippen molar-refractivity contribution in [3.8, 4) is 0 Å². The van der Waals surface area contributed by atoms with E-state index in [1.807, 2.05) is 13.8 Å². The molecular weight excluding hydrogens is 248 g/mol. The van der Waals surface area contributed by atoms with Crippen LogP contribution >= 0.6 is 23.2 Å². The zero-order chi connectivity index (χ0) is 12.3. The van der Waals surface area contributed by atoms with Gasteiger partial charge < -0.3 is 5.73 Å². The van der Waals surface area contributed by atoms with Gasteiger partial charge in [0.2, 0.25) is 0 Å². The molecule has 2 unspecified atom stereocenters. The van der Waals surface area contributed by atoms with Gasteiger partial charge in [0.25, 0.3) is 0 Å². The third-order valence-electron chi connectivity index (χ3n) is 2.77. The second kappa shape index (κ2) is 5.85. The zero-order valence-corrected chi connectivity index (χ0v) is 10.9. The lowest BCUT2D eigenvalue weighted by Gasteiger charge is -2.23. The van der Waals surface area contributed by atoms with Crippen molar-refractivity contribution in [3.05, 3.63) is 33.8 Å². The first-order valence-corrected chi connectivity index (χ1v) is 6.02. The Balaban J connectivity index is 2.94. The Morgan fingerprint density at radius 1 is 1.25 bits per heavy atom. The molecule has 0 amide bonds. The molecule has 0 heterocycles. The molecule has 1 aromatic carbocycles. The molecule has 1 aromatic rings. The fourth-order valence-electron chi connectivity index (χ4n) is 1.66. The van der Waals surface area contributed by atoms with Crippen molar-refractivity contribution < 1.29 is 4.39 Å². The van der Waals surface area contributed by atoms with E-state index in [9.17, 15) is 4.39 Å². The second-order valence-electron chi connectivity index (χ2n) is 4.22. The van der Waals surface area contributed by atoms with Gasteiger partial charge in [-0.1, -0.05) is 43.1 Å². The van der Waals surface area contributed by atoms with Crippen LogP contribution in [0.3, 0.4) is 0 Å². The van der Waals surface area contributed by atoms with Crippen molar-refractivity contribution in [3.63, 3.8) is 0 Å². The number of halogens is 3. The Morgan fingerprint density at radius 3 is 2.31 bits per heavy atom. The molecule has 0 saturated carbocycles. The van der Waals surface area contributed by atoms with E-state index < -0.39 is 6.17 Å². The lowest BCUT2D eigenvalue weighted by molar-refractivity contribution is 0.188. The highest BCUT2D eigenvalue weighted by Crippen LogP contribution is 2.34. The van der Waals surface area contributed by atoms with E-state index in [-0.39, 0.29) is 11.8 Å². The van der Waals surface area contributed by atoms with E-state index in [1.54, 1.807) is 18.2 Å².